The van der Waals surface area contributed by atoms with Crippen LogP contribution in [0.1, 0.15) is 13.3 Å². The van der Waals surface area contributed by atoms with E-state index in [1.807, 2.05) is 7.05 Å². The summed E-state index contributed by atoms with van der Waals surface area (Å²) in [6, 6.07) is -0.341. The average molecular weight is 702 g/mol. The van der Waals surface area contributed by atoms with Crippen molar-refractivity contribution in [1.29, 1.82) is 0 Å². The molecule has 0 aliphatic carbocycles. The molecule has 5 aliphatic heterocycles. The van der Waals surface area contributed by atoms with Crippen molar-refractivity contribution in [2.75, 3.05) is 159 Å². The van der Waals surface area contributed by atoms with Crippen molar-refractivity contribution < 1.29 is 70.3 Å². The molecule has 0 radical (unpaired) electrons. The lowest BCUT2D eigenvalue weighted by atomic mass is 9.86. The molecule has 6 unspecified atom stereocenters. The lowest BCUT2D eigenvalue weighted by molar-refractivity contribution is -1.13. The van der Waals surface area contributed by atoms with Crippen molar-refractivity contribution in [2.45, 2.75) is 31.7 Å². The molecular weight excluding hydrogens is 642 g/mol. The van der Waals surface area contributed by atoms with Gasteiger partial charge in [0.1, 0.15) is 59.0 Å². The first-order valence-electron chi connectivity index (χ1n) is 18.0. The number of rotatable bonds is 18. The van der Waals surface area contributed by atoms with Crippen LogP contribution in [0.15, 0.2) is 0 Å². The summed E-state index contributed by atoms with van der Waals surface area (Å²) < 4.78 is 41.1. The standard InChI is InChI=1S/C33H58N5O11/c1-4-14-44-16-18-46-20-21-47-19-17-45-15-5-34-28(39)22-36-8-6-35(2,23-29(40)43-3)7-9-38-13-12-37(11-10-36)25-31(42)49-33(38)32(37)27(36)26-48-30(41)24-38/h27,32-33H,4-26H2,1-3H3/q+3/p+1/t27?,32?,33-,35?,36?,37?,38?/m0/s1. The van der Waals surface area contributed by atoms with E-state index in [0.717, 1.165) is 26.1 Å². The molecule has 0 aromatic carbocycles. The van der Waals surface area contributed by atoms with E-state index in [4.69, 9.17) is 33.2 Å². The summed E-state index contributed by atoms with van der Waals surface area (Å²) >= 11 is 0. The Labute approximate surface area is 289 Å². The van der Waals surface area contributed by atoms with Crippen LogP contribution < -0.4 is 5.32 Å². The maximum absolute atomic E-state index is 13.7. The number of amides is 1. The minimum absolute atomic E-state index is 0.0957. The van der Waals surface area contributed by atoms with Gasteiger partial charge in [-0.1, -0.05) is 6.92 Å². The summed E-state index contributed by atoms with van der Waals surface area (Å²) in [5.41, 5.74) is 0. The molecule has 16 nitrogen and oxygen atoms in total. The second kappa shape index (κ2) is 16.7. The van der Waals surface area contributed by atoms with Crippen molar-refractivity contribution in [3.63, 3.8) is 0 Å². The lowest BCUT2D eigenvalue weighted by Gasteiger charge is -2.65. The van der Waals surface area contributed by atoms with Gasteiger partial charge >= 0.3 is 17.9 Å². The van der Waals surface area contributed by atoms with Gasteiger partial charge in [-0.25, -0.2) is 14.4 Å². The molecule has 0 spiro atoms. The van der Waals surface area contributed by atoms with E-state index in [0.29, 0.717) is 117 Å². The number of piperazine rings is 2. The predicted molar refractivity (Wildman–Crippen MR) is 172 cm³/mol. The number of nitrogens with one attached hydrogen (secondary N) is 1. The van der Waals surface area contributed by atoms with E-state index >= 15 is 0 Å². The zero-order valence-corrected chi connectivity index (χ0v) is 29.8. The molecule has 5 rings (SSSR count). The van der Waals surface area contributed by atoms with Crippen molar-refractivity contribution in [2.24, 2.45) is 0 Å². The first-order valence-corrected chi connectivity index (χ1v) is 18.0. The van der Waals surface area contributed by atoms with Crippen LogP contribution in [0.25, 0.3) is 0 Å². The fourth-order valence-corrected chi connectivity index (χ4v) is 8.66. The van der Waals surface area contributed by atoms with Crippen molar-refractivity contribution in [1.82, 2.24) is 5.32 Å². The van der Waals surface area contributed by atoms with Crippen molar-refractivity contribution in [3.05, 3.63) is 0 Å². The number of hydrogen-bond donors (Lipinski definition) is 1. The maximum atomic E-state index is 13.7. The van der Waals surface area contributed by atoms with Crippen LogP contribution in [0.5, 0.6) is 0 Å². The highest BCUT2D eigenvalue weighted by Gasteiger charge is 2.73. The molecule has 49 heavy (non-hydrogen) atoms. The summed E-state index contributed by atoms with van der Waals surface area (Å²) in [5.74, 6) is -0.972. The Kier molecular flexibility index (Phi) is 12.9. The smallest absolute Gasteiger partial charge is 0.366 e. The van der Waals surface area contributed by atoms with Gasteiger partial charge in [-0.2, -0.15) is 0 Å². The SMILES string of the molecule is CCCOCCOCCOCCOCCNC(=O)C[N+]12CC[N+](C)(CC(=O)OC)CC[N+]34CC[N+]5(CC1)CC(=O)O[C@H]3C5C2COC(=O)C4. The number of morpholine rings is 1. The molecule has 5 saturated heterocycles. The summed E-state index contributed by atoms with van der Waals surface area (Å²) in [5, 5.41) is 3.04. The number of nitrogens with zero attached hydrogens (tertiary/aromatic N) is 4. The number of cyclic esters (lactones) is 1. The van der Waals surface area contributed by atoms with Crippen LogP contribution in [0.4, 0.5) is 0 Å². The largest absolute Gasteiger partial charge is 0.465 e. The third kappa shape index (κ3) is 8.90. The van der Waals surface area contributed by atoms with E-state index in [2.05, 4.69) is 12.2 Å². The van der Waals surface area contributed by atoms with Crippen LogP contribution in [-0.2, 0) is 52.3 Å². The molecule has 5 fully saturated rings. The van der Waals surface area contributed by atoms with Gasteiger partial charge in [-0.3, -0.25) is 18.2 Å². The lowest BCUT2D eigenvalue weighted by Crippen LogP contribution is -2.91. The Morgan fingerprint density at radius 3 is 2.02 bits per heavy atom. The number of carbonyl (C=O) groups is 4. The second-order valence-electron chi connectivity index (χ2n) is 14.7. The Balaban J connectivity index is 1.22. The molecule has 0 aromatic heterocycles. The second-order valence-corrected chi connectivity index (χ2v) is 14.7. The van der Waals surface area contributed by atoms with Crippen LogP contribution >= 0.6 is 0 Å². The molecule has 1 amide bonds. The predicted octanol–water partition coefficient (Wildman–Crippen LogP) is -2.13. The molecule has 278 valence electrons. The minimum Gasteiger partial charge on any atom is -0.465 e. The molecule has 1 N–H and O–H groups in total. The maximum Gasteiger partial charge on any atom is 0.366 e. The van der Waals surface area contributed by atoms with E-state index in [1.165, 1.54) is 7.11 Å². The Morgan fingerprint density at radius 1 is 0.755 bits per heavy atom. The fraction of sp³-hybridized carbons (Fsp3) is 0.879. The van der Waals surface area contributed by atoms with E-state index in [9.17, 15) is 19.2 Å². The topological polar surface area (TPSA) is 145 Å². The van der Waals surface area contributed by atoms with Gasteiger partial charge in [0, 0.05) is 13.2 Å². The molecule has 16 heteroatoms. The number of methoxy groups -OCH3 is 1. The van der Waals surface area contributed by atoms with Gasteiger partial charge in [0.2, 0.25) is 6.04 Å². The van der Waals surface area contributed by atoms with E-state index < -0.39 is 6.23 Å². The number of likely N-dealkylation sites (N-methyl/N-ethyl adjacent to an activating group) is 1. The first-order chi connectivity index (χ1) is 23.6. The first kappa shape index (κ1) is 37.8. The number of esters is 3. The zero-order valence-electron chi connectivity index (χ0n) is 29.8. The molecule has 0 saturated carbocycles. The van der Waals surface area contributed by atoms with E-state index in [1.54, 1.807) is 0 Å². The Morgan fingerprint density at radius 2 is 1.33 bits per heavy atom. The number of hydrogen-bond acceptors (Lipinski definition) is 11. The fourth-order valence-electron chi connectivity index (χ4n) is 8.66. The van der Waals surface area contributed by atoms with Crippen LogP contribution in [0.3, 0.4) is 0 Å². The molecule has 5 aliphatic rings. The number of ether oxygens (including phenoxy) is 7. The third-order valence-electron chi connectivity index (χ3n) is 11.5. The summed E-state index contributed by atoms with van der Waals surface area (Å²) in [4.78, 5) is 52.8. The highest BCUT2D eigenvalue weighted by molar-refractivity contribution is 5.77. The van der Waals surface area contributed by atoms with Gasteiger partial charge < -0.3 is 43.0 Å². The normalized spacial score (nSPS) is 35.1. The highest BCUT2D eigenvalue weighted by atomic mass is 16.6. The van der Waals surface area contributed by atoms with Crippen LogP contribution in [0, 0.1) is 0 Å². The molecule has 6 bridgehead atoms. The Hall–Kier alpha value is -2.44. The Bertz CT molecular complexity index is 1180. The van der Waals surface area contributed by atoms with Gasteiger partial charge in [-0.05, 0) is 6.42 Å². The summed E-state index contributed by atoms with van der Waals surface area (Å²) in [6.45, 7) is 12.6. The van der Waals surface area contributed by atoms with Gasteiger partial charge in [0.05, 0.1) is 60.4 Å². The quantitative estimate of drug-likeness (QED) is 0.0725. The van der Waals surface area contributed by atoms with Crippen molar-refractivity contribution >= 4 is 23.8 Å². The van der Waals surface area contributed by atoms with Crippen molar-refractivity contribution in [3.8, 4) is 0 Å². The molecule has 5 heterocycles. The zero-order chi connectivity index (χ0) is 35.0. The molecule has 0 aromatic rings. The number of quaternary nitrogens is 4. The monoisotopic (exact) mass is 701 g/mol. The number of carbonyl (C=O) groups excluding carboxylic acids is 4. The van der Waals surface area contributed by atoms with Crippen LogP contribution in [0.2, 0.25) is 0 Å². The molecule has 7 atom stereocenters. The van der Waals surface area contributed by atoms with E-state index in [-0.39, 0.29) is 62.1 Å². The average Bonchev–Trinajstić information content (AvgIpc) is 3.07. The van der Waals surface area contributed by atoms with Gasteiger partial charge in [0.15, 0.2) is 32.2 Å². The molecular formula is C33H59N5O11+4. The summed E-state index contributed by atoms with van der Waals surface area (Å²) in [6.07, 6.45) is 0.478. The minimum atomic E-state index is -0.514. The van der Waals surface area contributed by atoms with Gasteiger partial charge in [-0.15, -0.1) is 0 Å². The third-order valence-corrected chi connectivity index (χ3v) is 11.5. The summed E-state index contributed by atoms with van der Waals surface area (Å²) in [7, 11) is 3.44. The van der Waals surface area contributed by atoms with Gasteiger partial charge in [0.25, 0.3) is 12.1 Å². The van der Waals surface area contributed by atoms with Crippen LogP contribution in [-0.4, -0.2) is 219 Å². The highest BCUT2D eigenvalue weighted by Crippen LogP contribution is 2.44.